The summed E-state index contributed by atoms with van der Waals surface area (Å²) in [6.45, 7) is 3.96. The lowest BCUT2D eigenvalue weighted by Gasteiger charge is -2.37. The minimum atomic E-state index is -4.35. The largest absolute Gasteiger partial charge is 0.461 e. The van der Waals surface area contributed by atoms with Gasteiger partial charge in [0.15, 0.2) is 5.69 Å². The summed E-state index contributed by atoms with van der Waals surface area (Å²) in [7, 11) is -4.35. The Morgan fingerprint density at radius 1 is 0.897 bits per heavy atom. The summed E-state index contributed by atoms with van der Waals surface area (Å²) in [5.74, 6) is -2.17. The van der Waals surface area contributed by atoms with Crippen LogP contribution in [0.3, 0.4) is 0 Å². The number of benzene rings is 5. The van der Waals surface area contributed by atoms with Gasteiger partial charge in [-0.3, -0.25) is 9.59 Å². The van der Waals surface area contributed by atoms with Gasteiger partial charge in [0.25, 0.3) is 21.8 Å². The number of rotatable bonds is 13. The van der Waals surface area contributed by atoms with Gasteiger partial charge in [0, 0.05) is 40.7 Å². The lowest BCUT2D eigenvalue weighted by molar-refractivity contribution is 0.0518. The number of aromatic nitrogens is 2. The van der Waals surface area contributed by atoms with Crippen molar-refractivity contribution in [2.75, 3.05) is 13.2 Å². The smallest absolute Gasteiger partial charge is 0.359 e. The van der Waals surface area contributed by atoms with Crippen LogP contribution in [0.15, 0.2) is 125 Å². The van der Waals surface area contributed by atoms with Crippen LogP contribution in [0.25, 0.3) is 38.0 Å². The Morgan fingerprint density at radius 3 is 2.36 bits per heavy atom. The number of amides is 2. The third kappa shape index (κ3) is 8.06. The predicted molar refractivity (Wildman–Crippen MR) is 220 cm³/mol. The number of carbonyl (C=O) groups excluding carboxylic acids is 3. The Labute approximate surface area is 335 Å². The Hall–Kier alpha value is -6.76. The number of fused-ring (bicyclic) bond motifs is 2. The highest BCUT2D eigenvalue weighted by Crippen LogP contribution is 2.37. The molecule has 1 aliphatic heterocycles. The second-order valence-electron chi connectivity index (χ2n) is 13.9. The first-order valence-electron chi connectivity index (χ1n) is 19.1. The molecule has 6 aromatic rings. The summed E-state index contributed by atoms with van der Waals surface area (Å²) < 4.78 is 36.6. The van der Waals surface area contributed by atoms with Gasteiger partial charge < -0.3 is 9.64 Å². The van der Waals surface area contributed by atoms with Crippen LogP contribution < -0.4 is 4.72 Å². The van der Waals surface area contributed by atoms with Crippen molar-refractivity contribution >= 4 is 38.6 Å². The third-order valence-corrected chi connectivity index (χ3v) is 11.6. The molecule has 0 unspecified atom stereocenters. The second-order valence-corrected chi connectivity index (χ2v) is 15.6. The molecule has 0 fully saturated rings. The first-order valence-corrected chi connectivity index (χ1v) is 20.5. The van der Waals surface area contributed by atoms with Gasteiger partial charge in [0.1, 0.15) is 0 Å². The van der Waals surface area contributed by atoms with Crippen LogP contribution in [0.4, 0.5) is 0 Å². The van der Waals surface area contributed by atoms with Crippen molar-refractivity contribution in [3.8, 4) is 16.8 Å². The number of unbranched alkanes of at least 4 members (excludes halogenated alkanes) is 1. The van der Waals surface area contributed by atoms with E-state index in [9.17, 15) is 23.5 Å². The number of hydrogen-bond donors (Lipinski definition) is 1. The molecule has 5 aromatic carbocycles. The molecule has 0 saturated heterocycles. The Bertz CT molecular complexity index is 2690. The summed E-state index contributed by atoms with van der Waals surface area (Å²) in [4.78, 5) is 47.4. The quantitative estimate of drug-likeness (QED) is 0.0530. The SMILES string of the molecule is CCCCc1c(-c2ccc(C(=O)NS(=O)(=O)c3ccc4ccccc4c3)cc2C(=O)N2Cc3ccccc3C[C@H]2CN=[N+]=[N-])c(C(=O)OCC)nn1-c1ccccc1. The Morgan fingerprint density at radius 2 is 1.62 bits per heavy atom. The van der Waals surface area contributed by atoms with Crippen molar-refractivity contribution in [3.63, 3.8) is 0 Å². The number of carbonyl (C=O) groups is 3. The van der Waals surface area contributed by atoms with Gasteiger partial charge in [-0.25, -0.2) is 22.6 Å². The zero-order valence-electron chi connectivity index (χ0n) is 32.0. The number of esters is 1. The van der Waals surface area contributed by atoms with Crippen molar-refractivity contribution in [1.29, 1.82) is 0 Å². The van der Waals surface area contributed by atoms with Gasteiger partial charge in [-0.15, -0.1) is 0 Å². The molecule has 1 N–H and O–H groups in total. The number of para-hydroxylation sites is 1. The molecule has 14 heteroatoms. The van der Waals surface area contributed by atoms with E-state index in [1.165, 1.54) is 24.3 Å². The van der Waals surface area contributed by atoms with Crippen LogP contribution in [0.5, 0.6) is 0 Å². The van der Waals surface area contributed by atoms with Crippen LogP contribution in [0.1, 0.15) is 74.7 Å². The molecule has 13 nitrogen and oxygen atoms in total. The number of ether oxygens (including phenoxy) is 1. The molecule has 0 radical (unpaired) electrons. The van der Waals surface area contributed by atoms with Crippen molar-refractivity contribution in [2.24, 2.45) is 5.11 Å². The van der Waals surface area contributed by atoms with Gasteiger partial charge >= 0.3 is 5.97 Å². The van der Waals surface area contributed by atoms with Gasteiger partial charge in [-0.2, -0.15) is 5.10 Å². The normalized spacial score (nSPS) is 13.7. The van der Waals surface area contributed by atoms with Crippen molar-refractivity contribution in [1.82, 2.24) is 19.4 Å². The average molecular weight is 796 g/mol. The van der Waals surface area contributed by atoms with E-state index in [0.717, 1.165) is 29.4 Å². The van der Waals surface area contributed by atoms with Crippen LogP contribution >= 0.6 is 0 Å². The maximum Gasteiger partial charge on any atom is 0.359 e. The van der Waals surface area contributed by atoms with E-state index < -0.39 is 33.8 Å². The zero-order chi connectivity index (χ0) is 40.8. The fraction of sp³-hybridized carbons (Fsp3) is 0.227. The molecule has 0 spiro atoms. The minimum absolute atomic E-state index is 0.0160. The van der Waals surface area contributed by atoms with E-state index in [1.807, 2.05) is 73.7 Å². The molecular formula is C44H41N7O6S. The molecule has 294 valence electrons. The van der Waals surface area contributed by atoms with E-state index in [-0.39, 0.29) is 41.4 Å². The molecule has 0 bridgehead atoms. The number of azide groups is 1. The summed E-state index contributed by atoms with van der Waals surface area (Å²) in [6.07, 6.45) is 2.42. The van der Waals surface area contributed by atoms with Gasteiger partial charge in [-0.1, -0.05) is 97.3 Å². The van der Waals surface area contributed by atoms with Crippen molar-refractivity contribution < 1.29 is 27.5 Å². The van der Waals surface area contributed by atoms with Gasteiger partial charge in [0.2, 0.25) is 0 Å². The number of nitrogens with zero attached hydrogens (tertiary/aromatic N) is 6. The molecule has 2 heterocycles. The molecular weight excluding hydrogens is 755 g/mol. The summed E-state index contributed by atoms with van der Waals surface area (Å²) in [6, 6.07) is 32.6. The van der Waals surface area contributed by atoms with E-state index in [4.69, 9.17) is 9.84 Å². The first kappa shape index (κ1) is 39.5. The fourth-order valence-electron chi connectivity index (χ4n) is 7.36. The summed E-state index contributed by atoms with van der Waals surface area (Å²) in [5.41, 5.74) is 13.1. The number of hydrogen-bond acceptors (Lipinski definition) is 8. The molecule has 1 aliphatic rings. The molecule has 58 heavy (non-hydrogen) atoms. The molecule has 1 aromatic heterocycles. The maximum atomic E-state index is 15.2. The molecule has 0 aliphatic carbocycles. The molecule has 0 saturated carbocycles. The highest BCUT2D eigenvalue weighted by molar-refractivity contribution is 7.90. The van der Waals surface area contributed by atoms with Crippen LogP contribution in [-0.2, 0) is 34.1 Å². The fourth-order valence-corrected chi connectivity index (χ4v) is 8.37. The second kappa shape index (κ2) is 17.2. The Balaban J connectivity index is 1.40. The van der Waals surface area contributed by atoms with Crippen LogP contribution in [0, 0.1) is 0 Å². The van der Waals surface area contributed by atoms with E-state index in [1.54, 1.807) is 40.8 Å². The summed E-state index contributed by atoms with van der Waals surface area (Å²) >= 11 is 0. The summed E-state index contributed by atoms with van der Waals surface area (Å²) in [5, 5.41) is 10.1. The zero-order valence-corrected chi connectivity index (χ0v) is 32.9. The lowest BCUT2D eigenvalue weighted by atomic mass is 9.90. The number of sulfonamides is 1. The van der Waals surface area contributed by atoms with E-state index in [2.05, 4.69) is 14.7 Å². The highest BCUT2D eigenvalue weighted by atomic mass is 32.2. The van der Waals surface area contributed by atoms with Gasteiger partial charge in [0.05, 0.1) is 22.9 Å². The monoisotopic (exact) mass is 795 g/mol. The number of nitrogens with one attached hydrogen (secondary N) is 1. The highest BCUT2D eigenvalue weighted by Gasteiger charge is 2.35. The van der Waals surface area contributed by atoms with Crippen LogP contribution in [0.2, 0.25) is 0 Å². The van der Waals surface area contributed by atoms with Gasteiger partial charge in [-0.05, 0) is 95.6 Å². The van der Waals surface area contributed by atoms with Crippen LogP contribution in [-0.4, -0.2) is 60.1 Å². The molecule has 1 atom stereocenters. The van der Waals surface area contributed by atoms with Crippen molar-refractivity contribution in [3.05, 3.63) is 159 Å². The molecule has 7 rings (SSSR count). The van der Waals surface area contributed by atoms with Crippen molar-refractivity contribution in [2.45, 2.75) is 57.0 Å². The average Bonchev–Trinajstić information content (AvgIpc) is 3.63. The topological polar surface area (TPSA) is 176 Å². The van der Waals surface area contributed by atoms with E-state index >= 15 is 4.79 Å². The third-order valence-electron chi connectivity index (χ3n) is 10.2. The lowest BCUT2D eigenvalue weighted by Crippen LogP contribution is -2.46. The standard InChI is InChI=1S/C44H41N7O6S/c1-3-5-19-39-40(41(44(54)57-4-2)47-51(39)34-17-7-6-8-18-34)37-23-21-32(42(52)48-58(55,56)36-22-20-29-13-9-10-15-31(29)25-36)26-38(37)43(53)50-28-33-16-12-11-14-30(33)24-35(50)27-46-49-45/h6-18,20-23,25-26,35H,3-5,19,24,27-28H2,1-2H3,(H,48,52)/t35-/m0/s1. The molecule has 2 amide bonds. The minimum Gasteiger partial charge on any atom is -0.461 e. The van der Waals surface area contributed by atoms with E-state index in [0.29, 0.717) is 40.7 Å². The predicted octanol–water partition coefficient (Wildman–Crippen LogP) is 8.21. The maximum absolute atomic E-state index is 15.2. The first-order chi connectivity index (χ1) is 28.1. The Kier molecular flexibility index (Phi) is 11.7.